The first kappa shape index (κ1) is 16.7. The van der Waals surface area contributed by atoms with Gasteiger partial charge in [-0.25, -0.2) is 15.0 Å². The molecule has 6 rings (SSSR count). The number of rotatable bonds is 3. The summed E-state index contributed by atoms with van der Waals surface area (Å²) in [5.74, 6) is 2.19. The number of hydrogen-bond donors (Lipinski definition) is 1. The largest absolute Gasteiger partial charge is 0.372 e. The molecule has 1 aliphatic carbocycles. The van der Waals surface area contributed by atoms with Gasteiger partial charge in [0.15, 0.2) is 0 Å². The number of morpholine rings is 1. The highest BCUT2D eigenvalue weighted by Gasteiger charge is 2.43. The van der Waals surface area contributed by atoms with Gasteiger partial charge in [0, 0.05) is 55.4 Å². The molecule has 2 aromatic heterocycles. The molecular weight excluding hydrogens is 340 g/mol. The summed E-state index contributed by atoms with van der Waals surface area (Å²) in [5.41, 5.74) is 8.65. The quantitative estimate of drug-likeness (QED) is 0.893. The van der Waals surface area contributed by atoms with Gasteiger partial charge in [-0.3, -0.25) is 0 Å². The maximum atomic E-state index is 5.92. The minimum atomic E-state index is 0.216. The predicted molar refractivity (Wildman–Crippen MR) is 106 cm³/mol. The lowest BCUT2D eigenvalue weighted by Crippen LogP contribution is -2.45. The highest BCUT2D eigenvalue weighted by Crippen LogP contribution is 2.43. The van der Waals surface area contributed by atoms with Crippen molar-refractivity contribution in [3.63, 3.8) is 0 Å². The van der Waals surface area contributed by atoms with Gasteiger partial charge < -0.3 is 20.3 Å². The van der Waals surface area contributed by atoms with Crippen LogP contribution in [0.4, 0.5) is 17.5 Å². The van der Waals surface area contributed by atoms with Crippen LogP contribution >= 0.6 is 0 Å². The highest BCUT2D eigenvalue weighted by molar-refractivity contribution is 5.69. The number of nitrogen functional groups attached to an aromatic ring is 1. The second kappa shape index (κ2) is 6.34. The summed E-state index contributed by atoms with van der Waals surface area (Å²) >= 11 is 0. The Labute approximate surface area is 159 Å². The summed E-state index contributed by atoms with van der Waals surface area (Å²) in [6.07, 6.45) is 6.55. The summed E-state index contributed by atoms with van der Waals surface area (Å²) < 4.78 is 5.92. The molecule has 2 atom stereocenters. The van der Waals surface area contributed by atoms with Crippen LogP contribution < -0.4 is 15.5 Å². The fourth-order valence-electron chi connectivity index (χ4n) is 4.65. The van der Waals surface area contributed by atoms with Crippen LogP contribution in [0.1, 0.15) is 26.7 Å². The van der Waals surface area contributed by atoms with Gasteiger partial charge in [0.2, 0.25) is 5.95 Å². The molecule has 0 aromatic carbocycles. The molecule has 0 radical (unpaired) electrons. The van der Waals surface area contributed by atoms with Crippen LogP contribution in [0, 0.1) is 5.92 Å². The summed E-state index contributed by atoms with van der Waals surface area (Å²) in [5, 5.41) is 0. The Morgan fingerprint density at radius 2 is 1.74 bits per heavy atom. The Kier molecular flexibility index (Phi) is 3.93. The van der Waals surface area contributed by atoms with E-state index in [1.54, 1.807) is 12.4 Å². The molecular formula is C20H26N6O. The van der Waals surface area contributed by atoms with Gasteiger partial charge >= 0.3 is 0 Å². The monoisotopic (exact) mass is 366 g/mol. The van der Waals surface area contributed by atoms with Crippen LogP contribution in [-0.2, 0) is 4.74 Å². The van der Waals surface area contributed by atoms with E-state index in [1.807, 2.05) is 0 Å². The standard InChI is InChI=1S/C20H26N6O/c1-12-9-25(10-13(2)27-12)16-5-18(15-7-22-20(21)23-8-15)24-19(6-16)26-11-14-3-17(26)4-14/h5-8,12-14,17H,3-4,9-11H2,1-2H3,(H2,21,22,23). The fourth-order valence-corrected chi connectivity index (χ4v) is 4.65. The van der Waals surface area contributed by atoms with Gasteiger partial charge in [0.25, 0.3) is 0 Å². The molecule has 2 aromatic rings. The minimum absolute atomic E-state index is 0.216. The van der Waals surface area contributed by atoms with E-state index >= 15 is 0 Å². The van der Waals surface area contributed by atoms with Crippen molar-refractivity contribution < 1.29 is 4.74 Å². The fraction of sp³-hybridized carbons (Fsp3) is 0.550. The molecule has 2 bridgehead atoms. The number of anilines is 3. The highest BCUT2D eigenvalue weighted by atomic mass is 16.5. The Morgan fingerprint density at radius 3 is 2.37 bits per heavy atom. The maximum absolute atomic E-state index is 5.92. The van der Waals surface area contributed by atoms with E-state index in [2.05, 4.69) is 45.7 Å². The molecule has 142 valence electrons. The molecule has 5 heterocycles. The second-order valence-electron chi connectivity index (χ2n) is 8.20. The third-order valence-corrected chi connectivity index (χ3v) is 5.95. The normalized spacial score (nSPS) is 29.7. The smallest absolute Gasteiger partial charge is 0.219 e. The Morgan fingerprint density at radius 1 is 1.04 bits per heavy atom. The average molecular weight is 366 g/mol. The summed E-state index contributed by atoms with van der Waals surface area (Å²) in [6.45, 7) is 7.16. The molecule has 3 saturated heterocycles. The van der Waals surface area contributed by atoms with E-state index in [4.69, 9.17) is 15.5 Å². The van der Waals surface area contributed by atoms with Crippen molar-refractivity contribution >= 4 is 17.5 Å². The van der Waals surface area contributed by atoms with Gasteiger partial charge in [0.1, 0.15) is 5.82 Å². The van der Waals surface area contributed by atoms with Crippen molar-refractivity contribution in [2.75, 3.05) is 35.2 Å². The van der Waals surface area contributed by atoms with Crippen molar-refractivity contribution in [1.29, 1.82) is 0 Å². The minimum Gasteiger partial charge on any atom is -0.372 e. The number of hydrogen-bond acceptors (Lipinski definition) is 7. The first-order chi connectivity index (χ1) is 13.0. The van der Waals surface area contributed by atoms with E-state index < -0.39 is 0 Å². The number of nitrogens with two attached hydrogens (primary N) is 1. The van der Waals surface area contributed by atoms with Gasteiger partial charge in [-0.2, -0.15) is 0 Å². The van der Waals surface area contributed by atoms with Crippen molar-refractivity contribution in [2.45, 2.75) is 44.9 Å². The predicted octanol–water partition coefficient (Wildman–Crippen LogP) is 2.33. The number of pyridine rings is 1. The molecule has 4 aliphatic rings. The molecule has 27 heavy (non-hydrogen) atoms. The second-order valence-corrected chi connectivity index (χ2v) is 8.20. The van der Waals surface area contributed by atoms with Crippen LogP contribution in [0.15, 0.2) is 24.5 Å². The van der Waals surface area contributed by atoms with Crippen molar-refractivity contribution in [2.24, 2.45) is 5.92 Å². The van der Waals surface area contributed by atoms with Crippen LogP contribution in [0.2, 0.25) is 0 Å². The lowest BCUT2D eigenvalue weighted by Gasteiger charge is -2.37. The lowest BCUT2D eigenvalue weighted by molar-refractivity contribution is -0.00521. The van der Waals surface area contributed by atoms with Gasteiger partial charge in [-0.15, -0.1) is 0 Å². The Hall–Kier alpha value is -2.41. The van der Waals surface area contributed by atoms with Crippen molar-refractivity contribution in [3.05, 3.63) is 24.5 Å². The van der Waals surface area contributed by atoms with Crippen molar-refractivity contribution in [1.82, 2.24) is 15.0 Å². The first-order valence-electron chi connectivity index (χ1n) is 9.82. The molecule has 0 spiro atoms. The van der Waals surface area contributed by atoms with E-state index in [-0.39, 0.29) is 18.2 Å². The molecule has 3 aliphatic heterocycles. The van der Waals surface area contributed by atoms with Crippen LogP contribution in [-0.4, -0.2) is 52.8 Å². The summed E-state index contributed by atoms with van der Waals surface area (Å²) in [4.78, 5) is 18.2. The van der Waals surface area contributed by atoms with Gasteiger partial charge in [0.05, 0.1) is 17.9 Å². The zero-order valence-corrected chi connectivity index (χ0v) is 15.9. The van der Waals surface area contributed by atoms with E-state index in [0.717, 1.165) is 42.6 Å². The van der Waals surface area contributed by atoms with Gasteiger partial charge in [-0.05, 0) is 38.7 Å². The first-order valence-corrected chi connectivity index (χ1v) is 9.82. The number of nitrogens with zero attached hydrogens (tertiary/aromatic N) is 5. The molecule has 7 heteroatoms. The number of aromatic nitrogens is 3. The molecule has 2 unspecified atom stereocenters. The third-order valence-electron chi connectivity index (χ3n) is 5.95. The summed E-state index contributed by atoms with van der Waals surface area (Å²) in [6, 6.07) is 5.03. The molecule has 1 saturated carbocycles. The Bertz CT molecular complexity index is 825. The number of fused-ring (bicyclic) bond motifs is 1. The topological polar surface area (TPSA) is 80.4 Å². The molecule has 2 N–H and O–H groups in total. The maximum Gasteiger partial charge on any atom is 0.219 e. The Balaban J connectivity index is 1.55. The molecule has 7 nitrogen and oxygen atoms in total. The average Bonchev–Trinajstić information content (AvgIpc) is 3.22. The zero-order valence-electron chi connectivity index (χ0n) is 15.9. The summed E-state index contributed by atoms with van der Waals surface area (Å²) in [7, 11) is 0. The van der Waals surface area contributed by atoms with Crippen LogP contribution in [0.3, 0.4) is 0 Å². The lowest BCUT2D eigenvalue weighted by atomic mass is 9.86. The van der Waals surface area contributed by atoms with E-state index in [0.29, 0.717) is 6.04 Å². The van der Waals surface area contributed by atoms with Gasteiger partial charge in [-0.1, -0.05) is 0 Å². The number of ether oxygens (including phenoxy) is 1. The molecule has 0 amide bonds. The molecule has 4 fully saturated rings. The van der Waals surface area contributed by atoms with Crippen LogP contribution in [0.25, 0.3) is 11.3 Å². The SMILES string of the molecule is CC1CN(c2cc(-c3cnc(N)nc3)nc(N3CC4CC3C4)c2)CC(C)O1. The van der Waals surface area contributed by atoms with Crippen LogP contribution in [0.5, 0.6) is 0 Å². The van der Waals surface area contributed by atoms with E-state index in [1.165, 1.54) is 18.5 Å². The van der Waals surface area contributed by atoms with Crippen molar-refractivity contribution in [3.8, 4) is 11.3 Å². The van der Waals surface area contributed by atoms with E-state index in [9.17, 15) is 0 Å². The zero-order chi connectivity index (χ0) is 18.5. The third kappa shape index (κ3) is 3.10.